The predicted octanol–water partition coefficient (Wildman–Crippen LogP) is 2.78. The van der Waals surface area contributed by atoms with Crippen LogP contribution in [0, 0.1) is 13.8 Å². The maximum atomic E-state index is 6.42. The fourth-order valence-corrected chi connectivity index (χ4v) is 2.91. The summed E-state index contributed by atoms with van der Waals surface area (Å²) in [6.45, 7) is 4.14. The fourth-order valence-electron chi connectivity index (χ4n) is 2.50. The van der Waals surface area contributed by atoms with Crippen LogP contribution in [-0.4, -0.2) is 31.6 Å². The van der Waals surface area contributed by atoms with Crippen LogP contribution in [0.3, 0.4) is 0 Å². The smallest absolute Gasteiger partial charge is 0.223 e. The number of pyridine rings is 1. The van der Waals surface area contributed by atoms with Crippen LogP contribution in [0.4, 0.5) is 5.95 Å². The molecule has 0 aromatic carbocycles. The lowest BCUT2D eigenvalue weighted by molar-refractivity contribution is 0.405. The molecule has 2 N–H and O–H groups in total. The minimum atomic E-state index is 0.0883. The molecule has 0 amide bonds. The van der Waals surface area contributed by atoms with Crippen molar-refractivity contribution in [1.82, 2.24) is 24.5 Å². The Hall–Kier alpha value is -2.12. The summed E-state index contributed by atoms with van der Waals surface area (Å²) in [5.74, 6) is 0.772. The highest BCUT2D eigenvalue weighted by Gasteiger charge is 2.16. The molecule has 0 radical (unpaired) electrons. The molecule has 0 spiro atoms. The lowest BCUT2D eigenvalue weighted by Gasteiger charge is -2.13. The van der Waals surface area contributed by atoms with Gasteiger partial charge in [0.05, 0.1) is 36.4 Å². The van der Waals surface area contributed by atoms with E-state index in [1.807, 2.05) is 13.8 Å². The Bertz CT molecular complexity index is 908. The van der Waals surface area contributed by atoms with Gasteiger partial charge in [-0.3, -0.25) is 4.98 Å². The zero-order valence-corrected chi connectivity index (χ0v) is 14.3. The number of methoxy groups -OCH3 is 1. The van der Waals surface area contributed by atoms with Gasteiger partial charge in [-0.15, -0.1) is 0 Å². The molecule has 0 aliphatic rings. The predicted molar refractivity (Wildman–Crippen MR) is 89.1 cm³/mol. The van der Waals surface area contributed by atoms with E-state index in [4.69, 9.17) is 33.7 Å². The number of imidazole rings is 1. The van der Waals surface area contributed by atoms with Crippen molar-refractivity contribution in [2.24, 2.45) is 0 Å². The molecule has 3 aromatic heterocycles. The number of ether oxygens (including phenoxy) is 1. The minimum absolute atomic E-state index is 0.0883. The Morgan fingerprint density at radius 2 is 1.96 bits per heavy atom. The van der Waals surface area contributed by atoms with Crippen molar-refractivity contribution < 1.29 is 4.74 Å². The molecular weight excluding hydrogens is 339 g/mol. The average molecular weight is 353 g/mol. The molecule has 7 nitrogen and oxygen atoms in total. The molecule has 0 saturated carbocycles. The molecule has 0 aliphatic heterocycles. The standard InChI is InChI=1S/C14H14Cl2N6O/c1-6-9(15)8(19-7(2)11(6)23-3)4-22-5-18-10-12(16)20-14(17)21-13(10)22/h5H,4H2,1-3H3,(H2,17,20,21). The Morgan fingerprint density at radius 3 is 2.65 bits per heavy atom. The van der Waals surface area contributed by atoms with Crippen molar-refractivity contribution in [3.63, 3.8) is 0 Å². The first-order valence-electron chi connectivity index (χ1n) is 6.75. The largest absolute Gasteiger partial charge is 0.495 e. The maximum absolute atomic E-state index is 6.42. The van der Waals surface area contributed by atoms with E-state index in [1.165, 1.54) is 0 Å². The first-order valence-corrected chi connectivity index (χ1v) is 7.51. The quantitative estimate of drug-likeness (QED) is 0.728. The van der Waals surface area contributed by atoms with Crippen LogP contribution in [0.15, 0.2) is 6.33 Å². The van der Waals surface area contributed by atoms with E-state index in [2.05, 4.69) is 19.9 Å². The Balaban J connectivity index is 2.10. The number of rotatable bonds is 3. The zero-order chi connectivity index (χ0) is 16.7. The fraction of sp³-hybridized carbons (Fsp3) is 0.286. The van der Waals surface area contributed by atoms with Gasteiger partial charge < -0.3 is 15.0 Å². The summed E-state index contributed by atoms with van der Waals surface area (Å²) in [7, 11) is 1.60. The van der Waals surface area contributed by atoms with Gasteiger partial charge in [-0.25, -0.2) is 4.98 Å². The maximum Gasteiger partial charge on any atom is 0.223 e. The Morgan fingerprint density at radius 1 is 1.22 bits per heavy atom. The number of hydrogen-bond donors (Lipinski definition) is 1. The molecule has 0 unspecified atom stereocenters. The van der Waals surface area contributed by atoms with Crippen molar-refractivity contribution in [3.05, 3.63) is 33.5 Å². The van der Waals surface area contributed by atoms with Crippen LogP contribution in [0.25, 0.3) is 11.2 Å². The van der Waals surface area contributed by atoms with Gasteiger partial charge >= 0.3 is 0 Å². The van der Waals surface area contributed by atoms with Gasteiger partial charge in [-0.05, 0) is 13.8 Å². The topological polar surface area (TPSA) is 91.7 Å². The Kier molecular flexibility index (Phi) is 3.99. The number of halogens is 2. The van der Waals surface area contributed by atoms with E-state index >= 15 is 0 Å². The molecule has 120 valence electrons. The van der Waals surface area contributed by atoms with E-state index in [0.29, 0.717) is 34.2 Å². The van der Waals surface area contributed by atoms with Gasteiger partial charge in [0.2, 0.25) is 5.95 Å². The highest BCUT2D eigenvalue weighted by molar-refractivity contribution is 6.33. The van der Waals surface area contributed by atoms with Gasteiger partial charge in [-0.2, -0.15) is 9.97 Å². The number of anilines is 1. The molecule has 0 atom stereocenters. The van der Waals surface area contributed by atoms with Crippen molar-refractivity contribution in [2.45, 2.75) is 20.4 Å². The van der Waals surface area contributed by atoms with Crippen LogP contribution < -0.4 is 10.5 Å². The molecule has 0 aliphatic carbocycles. The molecule has 9 heteroatoms. The monoisotopic (exact) mass is 352 g/mol. The third-order valence-corrected chi connectivity index (χ3v) is 4.28. The van der Waals surface area contributed by atoms with Crippen molar-refractivity contribution in [1.29, 1.82) is 0 Å². The van der Waals surface area contributed by atoms with Gasteiger partial charge in [0.25, 0.3) is 0 Å². The molecule has 3 heterocycles. The molecule has 3 aromatic rings. The number of nitrogens with zero attached hydrogens (tertiary/aromatic N) is 5. The second kappa shape index (κ2) is 5.82. The highest BCUT2D eigenvalue weighted by Crippen LogP contribution is 2.31. The SMILES string of the molecule is COc1c(C)nc(Cn2cnc3c(Cl)nc(N)nc32)c(Cl)c1C. The van der Waals surface area contributed by atoms with Gasteiger partial charge in [0.1, 0.15) is 11.3 Å². The van der Waals surface area contributed by atoms with Crippen LogP contribution in [0.2, 0.25) is 10.2 Å². The summed E-state index contributed by atoms with van der Waals surface area (Å²) in [4.78, 5) is 16.8. The van der Waals surface area contributed by atoms with Crippen LogP contribution >= 0.6 is 23.2 Å². The van der Waals surface area contributed by atoms with E-state index < -0.39 is 0 Å². The number of aryl methyl sites for hydroxylation is 1. The van der Waals surface area contributed by atoms with Gasteiger partial charge in [0, 0.05) is 5.56 Å². The number of nitrogen functional groups attached to an aromatic ring is 1. The zero-order valence-electron chi connectivity index (χ0n) is 12.8. The van der Waals surface area contributed by atoms with E-state index in [1.54, 1.807) is 18.0 Å². The van der Waals surface area contributed by atoms with E-state index in [9.17, 15) is 0 Å². The summed E-state index contributed by atoms with van der Waals surface area (Å²) >= 11 is 12.5. The minimum Gasteiger partial charge on any atom is -0.495 e. The third kappa shape index (κ3) is 2.66. The van der Waals surface area contributed by atoms with Crippen LogP contribution in [-0.2, 0) is 6.54 Å². The first kappa shape index (κ1) is 15.8. The van der Waals surface area contributed by atoms with Gasteiger partial charge in [-0.1, -0.05) is 23.2 Å². The van der Waals surface area contributed by atoms with Crippen LogP contribution in [0.5, 0.6) is 5.75 Å². The summed E-state index contributed by atoms with van der Waals surface area (Å²) < 4.78 is 7.10. The molecule has 0 bridgehead atoms. The molecule has 3 rings (SSSR count). The van der Waals surface area contributed by atoms with Crippen molar-refractivity contribution in [3.8, 4) is 5.75 Å². The summed E-state index contributed by atoms with van der Waals surface area (Å²) in [5, 5.41) is 0.759. The number of nitrogens with two attached hydrogens (primary N) is 1. The second-order valence-corrected chi connectivity index (χ2v) is 5.77. The molecule has 23 heavy (non-hydrogen) atoms. The third-order valence-electron chi connectivity index (χ3n) is 3.52. The van der Waals surface area contributed by atoms with E-state index in [0.717, 1.165) is 11.3 Å². The normalized spacial score (nSPS) is 11.2. The highest BCUT2D eigenvalue weighted by atomic mass is 35.5. The molecular formula is C14H14Cl2N6O. The van der Waals surface area contributed by atoms with Crippen LogP contribution in [0.1, 0.15) is 17.0 Å². The molecule has 0 fully saturated rings. The van der Waals surface area contributed by atoms with E-state index in [-0.39, 0.29) is 11.1 Å². The number of aromatic nitrogens is 5. The summed E-state index contributed by atoms with van der Waals surface area (Å²) in [6.07, 6.45) is 1.61. The summed E-state index contributed by atoms with van der Waals surface area (Å²) in [5.41, 5.74) is 8.97. The van der Waals surface area contributed by atoms with Crippen molar-refractivity contribution in [2.75, 3.05) is 12.8 Å². The second-order valence-electron chi connectivity index (χ2n) is 5.03. The summed E-state index contributed by atoms with van der Waals surface area (Å²) in [6, 6.07) is 0. The van der Waals surface area contributed by atoms with Crippen molar-refractivity contribution >= 4 is 40.3 Å². The first-order chi connectivity index (χ1) is 10.9. The average Bonchev–Trinajstić information content (AvgIpc) is 2.88. The molecule has 0 saturated heterocycles. The Labute approximate surface area is 142 Å². The van der Waals surface area contributed by atoms with Gasteiger partial charge in [0.15, 0.2) is 10.8 Å². The number of hydrogen-bond acceptors (Lipinski definition) is 6. The lowest BCUT2D eigenvalue weighted by Crippen LogP contribution is -2.07. The lowest BCUT2D eigenvalue weighted by atomic mass is 10.2. The number of fused-ring (bicyclic) bond motifs is 1.